The largest absolute Gasteiger partial charge is 0.349 e. The number of anilines is 1. The second kappa shape index (κ2) is 7.80. The summed E-state index contributed by atoms with van der Waals surface area (Å²) in [6.45, 7) is 8.74. The Morgan fingerprint density at radius 1 is 1.32 bits per heavy atom. The fraction of sp³-hybridized carbons (Fsp3) is 0.300. The van der Waals surface area contributed by atoms with E-state index in [1.807, 2.05) is 26.0 Å². The lowest BCUT2D eigenvalue weighted by Crippen LogP contribution is -2.14. The van der Waals surface area contributed by atoms with Crippen LogP contribution in [0, 0.1) is 37.9 Å². The van der Waals surface area contributed by atoms with E-state index >= 15 is 0 Å². The van der Waals surface area contributed by atoms with Gasteiger partial charge in [0.1, 0.15) is 17.5 Å². The summed E-state index contributed by atoms with van der Waals surface area (Å²) in [7, 11) is 0. The normalized spacial score (nSPS) is 11.3. The van der Waals surface area contributed by atoms with Crippen LogP contribution in [-0.2, 0) is 11.3 Å². The number of carbonyl (C=O) groups is 1. The lowest BCUT2D eigenvalue weighted by atomic mass is 10.1. The number of nitrogens with one attached hydrogen (secondary N) is 1. The van der Waals surface area contributed by atoms with Crippen molar-refractivity contribution >= 4 is 17.7 Å². The average Bonchev–Trinajstić information content (AvgIpc) is 2.83. The standard InChI is InChI=1S/C20H22FN3O/c1-5-8-24-14(3)10-16(15(24)4)11-17(12-22)20(25)23-19-9-13(2)6-7-18(19)21/h6-7,9-11H,5,8H2,1-4H3,(H,23,25)/b17-11+. The lowest BCUT2D eigenvalue weighted by molar-refractivity contribution is -0.112. The van der Waals surface area contributed by atoms with Crippen molar-refractivity contribution < 1.29 is 9.18 Å². The molecule has 0 atom stereocenters. The summed E-state index contributed by atoms with van der Waals surface area (Å²) >= 11 is 0. The Hall–Kier alpha value is -2.87. The number of amides is 1. The third-order valence-electron chi connectivity index (χ3n) is 4.09. The maximum Gasteiger partial charge on any atom is 0.266 e. The molecule has 0 bridgehead atoms. The quantitative estimate of drug-likeness (QED) is 0.644. The van der Waals surface area contributed by atoms with Gasteiger partial charge in [0, 0.05) is 17.9 Å². The molecule has 0 saturated carbocycles. The van der Waals surface area contributed by atoms with Gasteiger partial charge < -0.3 is 9.88 Å². The molecule has 1 amide bonds. The highest BCUT2D eigenvalue weighted by molar-refractivity contribution is 6.09. The first-order chi connectivity index (χ1) is 11.9. The molecule has 130 valence electrons. The molecule has 0 aliphatic rings. The van der Waals surface area contributed by atoms with Crippen molar-refractivity contribution in [1.82, 2.24) is 4.57 Å². The van der Waals surface area contributed by atoms with Gasteiger partial charge in [0.05, 0.1) is 5.69 Å². The maximum atomic E-state index is 13.8. The van der Waals surface area contributed by atoms with Gasteiger partial charge in [-0.05, 0) is 62.6 Å². The minimum absolute atomic E-state index is 0.0577. The summed E-state index contributed by atoms with van der Waals surface area (Å²) in [4.78, 5) is 12.4. The molecule has 1 heterocycles. The van der Waals surface area contributed by atoms with Crippen LogP contribution >= 0.6 is 0 Å². The minimum atomic E-state index is -0.618. The van der Waals surface area contributed by atoms with Gasteiger partial charge in [-0.1, -0.05) is 13.0 Å². The summed E-state index contributed by atoms with van der Waals surface area (Å²) in [6, 6.07) is 8.30. The summed E-state index contributed by atoms with van der Waals surface area (Å²) < 4.78 is 16.0. The first-order valence-corrected chi connectivity index (χ1v) is 8.23. The third kappa shape index (κ3) is 4.16. The topological polar surface area (TPSA) is 57.8 Å². The number of nitriles is 1. The molecule has 1 aromatic heterocycles. The van der Waals surface area contributed by atoms with Gasteiger partial charge in [0.15, 0.2) is 0 Å². The summed E-state index contributed by atoms with van der Waals surface area (Å²) in [6.07, 6.45) is 2.55. The van der Waals surface area contributed by atoms with Gasteiger partial charge in [-0.25, -0.2) is 4.39 Å². The number of halogens is 1. The zero-order chi connectivity index (χ0) is 18.6. The van der Waals surface area contributed by atoms with Crippen LogP contribution < -0.4 is 5.32 Å². The van der Waals surface area contributed by atoms with Crippen molar-refractivity contribution in [3.05, 3.63) is 58.2 Å². The second-order valence-electron chi connectivity index (χ2n) is 6.09. The number of aryl methyl sites for hydroxylation is 2. The predicted molar refractivity (Wildman–Crippen MR) is 97.6 cm³/mol. The van der Waals surface area contributed by atoms with Crippen molar-refractivity contribution in [2.24, 2.45) is 0 Å². The predicted octanol–water partition coefficient (Wildman–Crippen LogP) is 4.51. The van der Waals surface area contributed by atoms with Crippen molar-refractivity contribution in [2.45, 2.75) is 40.7 Å². The molecule has 0 unspecified atom stereocenters. The van der Waals surface area contributed by atoms with E-state index in [1.165, 1.54) is 12.1 Å². The maximum absolute atomic E-state index is 13.8. The first kappa shape index (κ1) is 18.5. The fourth-order valence-electron chi connectivity index (χ4n) is 2.77. The molecule has 0 radical (unpaired) electrons. The Bertz CT molecular complexity index is 872. The number of nitrogens with zero attached hydrogens (tertiary/aromatic N) is 2. The van der Waals surface area contributed by atoms with Gasteiger partial charge >= 0.3 is 0 Å². The van der Waals surface area contributed by atoms with Gasteiger partial charge in [0.2, 0.25) is 0 Å². The van der Waals surface area contributed by atoms with Crippen LogP contribution in [0.1, 0.15) is 35.9 Å². The van der Waals surface area contributed by atoms with E-state index in [1.54, 1.807) is 19.1 Å². The van der Waals surface area contributed by atoms with E-state index in [0.717, 1.165) is 35.5 Å². The molecule has 25 heavy (non-hydrogen) atoms. The zero-order valence-electron chi connectivity index (χ0n) is 15.0. The van der Waals surface area contributed by atoms with Crippen molar-refractivity contribution in [2.75, 3.05) is 5.32 Å². The molecular weight excluding hydrogens is 317 g/mol. The number of rotatable bonds is 5. The van der Waals surface area contributed by atoms with E-state index < -0.39 is 11.7 Å². The fourth-order valence-corrected chi connectivity index (χ4v) is 2.77. The Labute approximate surface area is 147 Å². The Balaban J connectivity index is 2.32. The number of hydrogen-bond donors (Lipinski definition) is 1. The highest BCUT2D eigenvalue weighted by Gasteiger charge is 2.14. The first-order valence-electron chi connectivity index (χ1n) is 8.23. The van der Waals surface area contributed by atoms with E-state index in [4.69, 9.17) is 0 Å². The number of carbonyl (C=O) groups excluding carboxylic acids is 1. The van der Waals surface area contributed by atoms with E-state index in [9.17, 15) is 14.4 Å². The summed E-state index contributed by atoms with van der Waals surface area (Å²) in [5.41, 5.74) is 3.74. The molecule has 0 spiro atoms. The smallest absolute Gasteiger partial charge is 0.266 e. The van der Waals surface area contributed by atoms with Crippen LogP contribution in [0.25, 0.3) is 6.08 Å². The Morgan fingerprint density at radius 2 is 2.04 bits per heavy atom. The Morgan fingerprint density at radius 3 is 2.68 bits per heavy atom. The van der Waals surface area contributed by atoms with Crippen molar-refractivity contribution in [3.63, 3.8) is 0 Å². The van der Waals surface area contributed by atoms with Crippen molar-refractivity contribution in [3.8, 4) is 6.07 Å². The summed E-state index contributed by atoms with van der Waals surface area (Å²) in [5, 5.41) is 11.8. The molecular formula is C20H22FN3O. The zero-order valence-corrected chi connectivity index (χ0v) is 15.0. The third-order valence-corrected chi connectivity index (χ3v) is 4.09. The number of benzene rings is 1. The van der Waals surface area contributed by atoms with Crippen LogP contribution in [-0.4, -0.2) is 10.5 Å². The van der Waals surface area contributed by atoms with Crippen LogP contribution in [0.4, 0.5) is 10.1 Å². The minimum Gasteiger partial charge on any atom is -0.349 e. The molecule has 0 saturated heterocycles. The molecule has 0 aliphatic heterocycles. The highest BCUT2D eigenvalue weighted by Crippen LogP contribution is 2.20. The average molecular weight is 339 g/mol. The van der Waals surface area contributed by atoms with Gasteiger partial charge in [-0.2, -0.15) is 5.26 Å². The number of hydrogen-bond acceptors (Lipinski definition) is 2. The van der Waals surface area contributed by atoms with Gasteiger partial charge in [-0.15, -0.1) is 0 Å². The molecule has 0 fully saturated rings. The van der Waals surface area contributed by atoms with Crippen LogP contribution in [0.3, 0.4) is 0 Å². The van der Waals surface area contributed by atoms with Gasteiger partial charge in [0.25, 0.3) is 5.91 Å². The van der Waals surface area contributed by atoms with E-state index in [2.05, 4.69) is 16.8 Å². The molecule has 2 rings (SSSR count). The van der Waals surface area contributed by atoms with Crippen LogP contribution in [0.5, 0.6) is 0 Å². The Kier molecular flexibility index (Phi) is 5.76. The molecule has 5 heteroatoms. The molecule has 2 aromatic rings. The van der Waals surface area contributed by atoms with E-state index in [0.29, 0.717) is 0 Å². The van der Waals surface area contributed by atoms with Crippen molar-refractivity contribution in [1.29, 1.82) is 5.26 Å². The molecule has 4 nitrogen and oxygen atoms in total. The van der Waals surface area contributed by atoms with E-state index in [-0.39, 0.29) is 11.3 Å². The van der Waals surface area contributed by atoms with Crippen LogP contribution in [0.15, 0.2) is 29.8 Å². The number of aromatic nitrogens is 1. The van der Waals surface area contributed by atoms with Gasteiger partial charge in [-0.3, -0.25) is 4.79 Å². The monoisotopic (exact) mass is 339 g/mol. The molecule has 0 aliphatic carbocycles. The SMILES string of the molecule is CCCn1c(C)cc(/C=C(\C#N)C(=O)Nc2cc(C)ccc2F)c1C. The lowest BCUT2D eigenvalue weighted by Gasteiger charge is -2.08. The molecule has 1 N–H and O–H groups in total. The molecule has 1 aromatic carbocycles. The highest BCUT2D eigenvalue weighted by atomic mass is 19.1. The summed E-state index contributed by atoms with van der Waals surface area (Å²) in [5.74, 6) is -1.15. The van der Waals surface area contributed by atoms with Crippen LogP contribution in [0.2, 0.25) is 0 Å². The second-order valence-corrected chi connectivity index (χ2v) is 6.09.